The summed E-state index contributed by atoms with van der Waals surface area (Å²) in [6.07, 6.45) is 0. The molecular weight excluding hydrogens is 375 g/mol. The van der Waals surface area contributed by atoms with Gasteiger partial charge in [-0.3, -0.25) is 9.59 Å². The van der Waals surface area contributed by atoms with Crippen LogP contribution in [-0.2, 0) is 9.59 Å². The lowest BCUT2D eigenvalue weighted by molar-refractivity contribution is -0.125. The van der Waals surface area contributed by atoms with Gasteiger partial charge in [0, 0.05) is 20.8 Å². The Labute approximate surface area is 153 Å². The van der Waals surface area contributed by atoms with E-state index in [-0.39, 0.29) is 13.2 Å². The molecule has 2 aromatic rings. The van der Waals surface area contributed by atoms with Gasteiger partial charge in [0.1, 0.15) is 5.75 Å². The third kappa shape index (κ3) is 6.28. The van der Waals surface area contributed by atoms with Crippen LogP contribution in [0, 0.1) is 0 Å². The fourth-order valence-corrected chi connectivity index (χ4v) is 2.39. The van der Waals surface area contributed by atoms with Crippen molar-refractivity contribution in [3.05, 3.63) is 57.5 Å². The summed E-state index contributed by atoms with van der Waals surface area (Å²) in [6, 6.07) is 11.2. The quantitative estimate of drug-likeness (QED) is 0.792. The van der Waals surface area contributed by atoms with Crippen LogP contribution >= 0.6 is 34.8 Å². The lowest BCUT2D eigenvalue weighted by atomic mass is 10.3. The van der Waals surface area contributed by atoms with E-state index in [0.29, 0.717) is 26.5 Å². The Hall–Kier alpha value is -1.95. The molecule has 8 heteroatoms. The molecule has 2 amide bonds. The Kier molecular flexibility index (Phi) is 6.73. The van der Waals surface area contributed by atoms with E-state index in [9.17, 15) is 9.59 Å². The van der Waals surface area contributed by atoms with E-state index in [2.05, 4.69) is 10.6 Å². The number of halogens is 3. The van der Waals surface area contributed by atoms with Gasteiger partial charge in [-0.1, -0.05) is 34.8 Å². The highest BCUT2D eigenvalue weighted by molar-refractivity contribution is 6.35. The molecule has 0 saturated heterocycles. The number of rotatable bonds is 6. The monoisotopic (exact) mass is 386 g/mol. The number of amides is 2. The molecule has 2 N–H and O–H groups in total. The van der Waals surface area contributed by atoms with Gasteiger partial charge in [-0.15, -0.1) is 0 Å². The van der Waals surface area contributed by atoms with Gasteiger partial charge in [-0.25, -0.2) is 0 Å². The first-order valence-electron chi connectivity index (χ1n) is 6.83. The summed E-state index contributed by atoms with van der Waals surface area (Å²) in [5.41, 5.74) is 0.448. The van der Waals surface area contributed by atoms with Crippen LogP contribution in [0.15, 0.2) is 42.5 Å². The normalized spacial score (nSPS) is 10.1. The summed E-state index contributed by atoms with van der Waals surface area (Å²) in [5.74, 6) is -0.329. The van der Waals surface area contributed by atoms with Crippen molar-refractivity contribution in [2.45, 2.75) is 0 Å². The smallest absolute Gasteiger partial charge is 0.258 e. The number of hydrogen-bond acceptors (Lipinski definition) is 3. The summed E-state index contributed by atoms with van der Waals surface area (Å²) >= 11 is 17.4. The third-order valence-corrected chi connectivity index (χ3v) is 3.46. The van der Waals surface area contributed by atoms with Crippen molar-refractivity contribution in [2.24, 2.45) is 0 Å². The Bertz CT molecular complexity index is 716. The lowest BCUT2D eigenvalue weighted by Crippen LogP contribution is -2.35. The summed E-state index contributed by atoms with van der Waals surface area (Å²) in [7, 11) is 0. The van der Waals surface area contributed by atoms with Gasteiger partial charge in [-0.05, 0) is 42.5 Å². The maximum Gasteiger partial charge on any atom is 0.258 e. The average Bonchev–Trinajstić information content (AvgIpc) is 2.51. The van der Waals surface area contributed by atoms with Crippen molar-refractivity contribution in [1.82, 2.24) is 5.32 Å². The van der Waals surface area contributed by atoms with E-state index in [0.717, 1.165) is 0 Å². The number of carbonyl (C=O) groups excluding carboxylic acids is 2. The van der Waals surface area contributed by atoms with Gasteiger partial charge in [-0.2, -0.15) is 0 Å². The van der Waals surface area contributed by atoms with E-state index in [1.54, 1.807) is 42.5 Å². The molecule has 0 unspecified atom stereocenters. The molecule has 0 aromatic heterocycles. The van der Waals surface area contributed by atoms with Crippen molar-refractivity contribution >= 4 is 52.3 Å². The van der Waals surface area contributed by atoms with Gasteiger partial charge >= 0.3 is 0 Å². The van der Waals surface area contributed by atoms with Crippen molar-refractivity contribution in [3.63, 3.8) is 0 Å². The highest BCUT2D eigenvalue weighted by atomic mass is 35.5. The second-order valence-electron chi connectivity index (χ2n) is 4.73. The van der Waals surface area contributed by atoms with Gasteiger partial charge in [0.05, 0.1) is 6.54 Å². The molecule has 0 saturated carbocycles. The Morgan fingerprint density at radius 2 is 1.50 bits per heavy atom. The lowest BCUT2D eigenvalue weighted by Gasteiger charge is -2.09. The molecule has 0 spiro atoms. The van der Waals surface area contributed by atoms with Gasteiger partial charge in [0.2, 0.25) is 5.91 Å². The fourth-order valence-electron chi connectivity index (χ4n) is 1.74. The largest absolute Gasteiger partial charge is 0.484 e. The van der Waals surface area contributed by atoms with E-state index < -0.39 is 11.8 Å². The molecule has 0 heterocycles. The predicted molar refractivity (Wildman–Crippen MR) is 95.0 cm³/mol. The fraction of sp³-hybridized carbons (Fsp3) is 0.125. The zero-order chi connectivity index (χ0) is 17.5. The second kappa shape index (κ2) is 8.78. The molecule has 0 radical (unpaired) electrons. The number of nitrogens with one attached hydrogen (secondary N) is 2. The minimum atomic E-state index is -0.427. The molecule has 0 aliphatic rings. The topological polar surface area (TPSA) is 67.4 Å². The highest BCUT2D eigenvalue weighted by Gasteiger charge is 2.08. The first-order chi connectivity index (χ1) is 11.4. The predicted octanol–water partition coefficient (Wildman–Crippen LogP) is 3.78. The summed E-state index contributed by atoms with van der Waals surface area (Å²) in [4.78, 5) is 23.4. The number of carbonyl (C=O) groups is 2. The minimum Gasteiger partial charge on any atom is -0.484 e. The van der Waals surface area contributed by atoms with Crippen LogP contribution < -0.4 is 15.4 Å². The molecule has 0 aliphatic carbocycles. The van der Waals surface area contributed by atoms with Crippen molar-refractivity contribution < 1.29 is 14.3 Å². The highest BCUT2D eigenvalue weighted by Crippen LogP contribution is 2.22. The Morgan fingerprint density at radius 1 is 0.875 bits per heavy atom. The summed E-state index contributed by atoms with van der Waals surface area (Å²) in [5, 5.41) is 6.40. The van der Waals surface area contributed by atoms with Crippen LogP contribution in [0.5, 0.6) is 5.75 Å². The molecule has 0 fully saturated rings. The molecule has 0 bridgehead atoms. The Morgan fingerprint density at radius 3 is 2.12 bits per heavy atom. The van der Waals surface area contributed by atoms with Gasteiger partial charge in [0.15, 0.2) is 6.61 Å². The van der Waals surface area contributed by atoms with Crippen LogP contribution in [-0.4, -0.2) is 25.0 Å². The third-order valence-electron chi connectivity index (χ3n) is 2.78. The molecule has 2 aromatic carbocycles. The van der Waals surface area contributed by atoms with Crippen LogP contribution in [0.3, 0.4) is 0 Å². The molecule has 0 aliphatic heterocycles. The SMILES string of the molecule is O=C(COc1ccc(Cl)cc1)NCC(=O)Nc1cc(Cl)cc(Cl)c1. The summed E-state index contributed by atoms with van der Waals surface area (Å²) < 4.78 is 5.27. The first-order valence-corrected chi connectivity index (χ1v) is 7.97. The van der Waals surface area contributed by atoms with E-state index >= 15 is 0 Å². The molecular formula is C16H13Cl3N2O3. The number of hydrogen-bond donors (Lipinski definition) is 2. The molecule has 5 nitrogen and oxygen atoms in total. The van der Waals surface area contributed by atoms with E-state index in [1.807, 2.05) is 0 Å². The number of benzene rings is 2. The van der Waals surface area contributed by atoms with Crippen LogP contribution in [0.4, 0.5) is 5.69 Å². The maximum absolute atomic E-state index is 11.8. The van der Waals surface area contributed by atoms with Crippen LogP contribution in [0.2, 0.25) is 15.1 Å². The standard InChI is InChI=1S/C16H13Cl3N2O3/c17-10-1-3-14(4-2-10)24-9-16(23)20-8-15(22)21-13-6-11(18)5-12(19)7-13/h1-7H,8-9H2,(H,20,23)(H,21,22). The molecule has 0 atom stereocenters. The van der Waals surface area contributed by atoms with Crippen molar-refractivity contribution in [1.29, 1.82) is 0 Å². The first kappa shape index (κ1) is 18.4. The maximum atomic E-state index is 11.8. The Balaban J connectivity index is 1.74. The van der Waals surface area contributed by atoms with Crippen molar-refractivity contribution in [2.75, 3.05) is 18.5 Å². The minimum absolute atomic E-state index is 0.201. The van der Waals surface area contributed by atoms with Crippen LogP contribution in [0.1, 0.15) is 0 Å². The molecule has 2 rings (SSSR count). The number of ether oxygens (including phenoxy) is 1. The average molecular weight is 388 g/mol. The van der Waals surface area contributed by atoms with E-state index in [4.69, 9.17) is 39.5 Å². The van der Waals surface area contributed by atoms with Crippen molar-refractivity contribution in [3.8, 4) is 5.75 Å². The molecule has 24 heavy (non-hydrogen) atoms. The molecule has 126 valence electrons. The van der Waals surface area contributed by atoms with Gasteiger partial charge in [0.25, 0.3) is 5.91 Å². The zero-order valence-electron chi connectivity index (χ0n) is 12.3. The van der Waals surface area contributed by atoms with Gasteiger partial charge < -0.3 is 15.4 Å². The summed E-state index contributed by atoms with van der Waals surface area (Å²) in [6.45, 7) is -0.412. The van der Waals surface area contributed by atoms with Crippen LogP contribution in [0.25, 0.3) is 0 Å². The number of anilines is 1. The second-order valence-corrected chi connectivity index (χ2v) is 6.03. The van der Waals surface area contributed by atoms with E-state index in [1.165, 1.54) is 0 Å². The zero-order valence-corrected chi connectivity index (χ0v) is 14.6.